The molecule has 0 saturated carbocycles. The molecule has 0 spiro atoms. The van der Waals surface area contributed by atoms with Gasteiger partial charge in [-0.2, -0.15) is 0 Å². The summed E-state index contributed by atoms with van der Waals surface area (Å²) in [4.78, 5) is 11.2. The molecule has 1 amide bonds. The number of rotatable bonds is 3. The van der Waals surface area contributed by atoms with Crippen LogP contribution in [-0.4, -0.2) is 26.6 Å². The van der Waals surface area contributed by atoms with Gasteiger partial charge in [0.1, 0.15) is 11.4 Å². The molecule has 1 aromatic rings. The van der Waals surface area contributed by atoms with Crippen molar-refractivity contribution in [3.63, 3.8) is 0 Å². The van der Waals surface area contributed by atoms with Crippen molar-refractivity contribution in [1.82, 2.24) is 4.31 Å². The van der Waals surface area contributed by atoms with Crippen molar-refractivity contribution in [3.8, 4) is 0 Å². The third-order valence-corrected chi connectivity index (χ3v) is 3.41. The van der Waals surface area contributed by atoms with Crippen LogP contribution in [0.15, 0.2) is 29.2 Å². The quantitative estimate of drug-likeness (QED) is 0.803. The monoisotopic (exact) mass is 227 g/mol. The molecule has 5 heteroatoms. The van der Waals surface area contributed by atoms with Crippen molar-refractivity contribution >= 4 is 17.5 Å². The van der Waals surface area contributed by atoms with Crippen molar-refractivity contribution in [2.24, 2.45) is 0 Å². The molecule has 0 aliphatic heterocycles. The smallest absolute Gasteiger partial charge is 0.449 e. The number of benzene rings is 1. The summed E-state index contributed by atoms with van der Waals surface area (Å²) in [6.45, 7) is 3.78. The van der Waals surface area contributed by atoms with Crippen LogP contribution in [0.25, 0.3) is 0 Å². The number of aryl methyl sites for hydroxylation is 1. The standard InChI is InChI=1S/C10H13NO3S/c1-3-11(10(12)13)15(14)9-6-4-8(2)5-7-9/h4-7H,3H2,1-2H3,(H,12,13). The number of carboxylic acid groups (broad SMARTS) is 1. The minimum atomic E-state index is -1.63. The van der Waals surface area contributed by atoms with E-state index in [1.54, 1.807) is 19.1 Å². The number of hydrogen-bond acceptors (Lipinski definition) is 2. The molecule has 82 valence electrons. The van der Waals surface area contributed by atoms with Crippen LogP contribution in [0.5, 0.6) is 0 Å². The maximum absolute atomic E-state index is 11.8. The highest BCUT2D eigenvalue weighted by Crippen LogP contribution is 2.16. The Kier molecular flexibility index (Phi) is 3.99. The molecule has 1 unspecified atom stereocenters. The molecular weight excluding hydrogens is 214 g/mol. The average Bonchev–Trinajstić information content (AvgIpc) is 2.19. The van der Waals surface area contributed by atoms with Gasteiger partial charge in [-0.05, 0) is 26.0 Å². The Bertz CT molecular complexity index is 339. The van der Waals surface area contributed by atoms with E-state index in [9.17, 15) is 9.35 Å². The van der Waals surface area contributed by atoms with E-state index < -0.39 is 17.5 Å². The molecule has 0 aliphatic carbocycles. The Labute approximate surface area is 91.8 Å². The van der Waals surface area contributed by atoms with Crippen LogP contribution in [0.2, 0.25) is 0 Å². The Morgan fingerprint density at radius 1 is 1.47 bits per heavy atom. The zero-order valence-electron chi connectivity index (χ0n) is 8.64. The first kappa shape index (κ1) is 11.9. The molecule has 1 N–H and O–H groups in total. The third kappa shape index (κ3) is 2.87. The zero-order chi connectivity index (χ0) is 11.4. The average molecular weight is 227 g/mol. The second kappa shape index (κ2) is 5.04. The molecule has 1 rings (SSSR count). The lowest BCUT2D eigenvalue weighted by molar-refractivity contribution is 0.173. The van der Waals surface area contributed by atoms with E-state index >= 15 is 0 Å². The van der Waals surface area contributed by atoms with E-state index in [4.69, 9.17) is 5.11 Å². The summed E-state index contributed by atoms with van der Waals surface area (Å²) >= 11 is -1.63. The Morgan fingerprint density at radius 2 is 2.00 bits per heavy atom. The molecule has 0 saturated heterocycles. The van der Waals surface area contributed by atoms with Crippen molar-refractivity contribution < 1.29 is 14.5 Å². The first-order valence-electron chi connectivity index (χ1n) is 4.55. The summed E-state index contributed by atoms with van der Waals surface area (Å²) in [5, 5.41) is 8.79. The van der Waals surface area contributed by atoms with E-state index in [-0.39, 0.29) is 6.54 Å². The number of nitrogens with zero attached hydrogens (tertiary/aromatic N) is 1. The Balaban J connectivity index is 2.87. The van der Waals surface area contributed by atoms with E-state index in [1.807, 2.05) is 19.1 Å². The summed E-state index contributed by atoms with van der Waals surface area (Å²) < 4.78 is 12.7. The molecule has 4 nitrogen and oxygen atoms in total. The predicted octanol–water partition coefficient (Wildman–Crippen LogP) is 2.02. The van der Waals surface area contributed by atoms with Gasteiger partial charge in [-0.3, -0.25) is 0 Å². The SMILES string of the molecule is CCN(C(=O)O)[S+]([O-])c1ccc(C)cc1. The molecule has 0 radical (unpaired) electrons. The maximum Gasteiger partial charge on any atom is 0.449 e. The van der Waals surface area contributed by atoms with Gasteiger partial charge < -0.3 is 9.66 Å². The van der Waals surface area contributed by atoms with Crippen molar-refractivity contribution in [2.75, 3.05) is 6.54 Å². The predicted molar refractivity (Wildman–Crippen MR) is 58.0 cm³/mol. The van der Waals surface area contributed by atoms with Gasteiger partial charge in [-0.25, -0.2) is 4.79 Å². The minimum absolute atomic E-state index is 0.204. The van der Waals surface area contributed by atoms with Gasteiger partial charge in [0.25, 0.3) is 0 Å². The van der Waals surface area contributed by atoms with Crippen LogP contribution in [0.4, 0.5) is 4.79 Å². The van der Waals surface area contributed by atoms with Crippen LogP contribution < -0.4 is 0 Å². The van der Waals surface area contributed by atoms with E-state index in [2.05, 4.69) is 0 Å². The summed E-state index contributed by atoms with van der Waals surface area (Å²) in [7, 11) is 0. The fourth-order valence-electron chi connectivity index (χ4n) is 1.11. The van der Waals surface area contributed by atoms with E-state index in [1.165, 1.54) is 0 Å². The molecule has 0 aromatic heterocycles. The summed E-state index contributed by atoms with van der Waals surface area (Å²) in [6, 6.07) is 6.97. The molecular formula is C10H13NO3S. The van der Waals surface area contributed by atoms with Crippen molar-refractivity contribution in [1.29, 1.82) is 0 Å². The lowest BCUT2D eigenvalue weighted by atomic mass is 10.2. The summed E-state index contributed by atoms with van der Waals surface area (Å²) in [5.41, 5.74) is 1.05. The Hall–Kier alpha value is -1.20. The highest BCUT2D eigenvalue weighted by molar-refractivity contribution is 7.89. The fraction of sp³-hybridized carbons (Fsp3) is 0.300. The van der Waals surface area contributed by atoms with Crippen LogP contribution in [-0.2, 0) is 11.4 Å². The molecule has 1 aromatic carbocycles. The normalized spacial score (nSPS) is 12.2. The van der Waals surface area contributed by atoms with Gasteiger partial charge in [0.15, 0.2) is 4.90 Å². The Morgan fingerprint density at radius 3 is 2.40 bits per heavy atom. The van der Waals surface area contributed by atoms with Gasteiger partial charge in [0.05, 0.1) is 6.54 Å². The second-order valence-electron chi connectivity index (χ2n) is 3.04. The lowest BCUT2D eigenvalue weighted by Crippen LogP contribution is -2.35. The summed E-state index contributed by atoms with van der Waals surface area (Å²) in [5.74, 6) is 0. The van der Waals surface area contributed by atoms with Crippen molar-refractivity contribution in [3.05, 3.63) is 29.8 Å². The second-order valence-corrected chi connectivity index (χ2v) is 4.45. The first-order chi connectivity index (χ1) is 7.06. The van der Waals surface area contributed by atoms with Crippen LogP contribution >= 0.6 is 0 Å². The number of amides is 1. The summed E-state index contributed by atoms with van der Waals surface area (Å²) in [6.07, 6.45) is -1.17. The molecule has 15 heavy (non-hydrogen) atoms. The minimum Gasteiger partial charge on any atom is -0.588 e. The van der Waals surface area contributed by atoms with Crippen molar-refractivity contribution in [2.45, 2.75) is 18.7 Å². The molecule has 0 fully saturated rings. The topological polar surface area (TPSA) is 63.6 Å². The van der Waals surface area contributed by atoms with Gasteiger partial charge in [0.2, 0.25) is 0 Å². The largest absolute Gasteiger partial charge is 0.588 e. The van der Waals surface area contributed by atoms with Crippen LogP contribution in [0.3, 0.4) is 0 Å². The van der Waals surface area contributed by atoms with Gasteiger partial charge in [0, 0.05) is 0 Å². The zero-order valence-corrected chi connectivity index (χ0v) is 9.45. The van der Waals surface area contributed by atoms with Gasteiger partial charge >= 0.3 is 6.09 Å². The van der Waals surface area contributed by atoms with Gasteiger partial charge in [-0.15, -0.1) is 4.31 Å². The third-order valence-electron chi connectivity index (χ3n) is 1.92. The van der Waals surface area contributed by atoms with Crippen LogP contribution in [0.1, 0.15) is 12.5 Å². The van der Waals surface area contributed by atoms with Gasteiger partial charge in [-0.1, -0.05) is 17.7 Å². The number of hydrogen-bond donors (Lipinski definition) is 1. The van der Waals surface area contributed by atoms with E-state index in [0.717, 1.165) is 9.87 Å². The molecule has 0 aliphatic rings. The highest BCUT2D eigenvalue weighted by Gasteiger charge is 2.25. The first-order valence-corrected chi connectivity index (χ1v) is 5.66. The highest BCUT2D eigenvalue weighted by atomic mass is 32.2. The lowest BCUT2D eigenvalue weighted by Gasteiger charge is -2.19. The van der Waals surface area contributed by atoms with Crippen LogP contribution in [0, 0.1) is 6.92 Å². The number of carbonyl (C=O) groups is 1. The molecule has 0 bridgehead atoms. The van der Waals surface area contributed by atoms with E-state index in [0.29, 0.717) is 4.90 Å². The molecule has 1 atom stereocenters. The molecule has 0 heterocycles. The fourth-order valence-corrected chi connectivity index (χ4v) is 2.11. The maximum atomic E-state index is 11.8.